The molecule has 0 radical (unpaired) electrons. The average molecular weight is 492 g/mol. The number of thioether (sulfide) groups is 1. The van der Waals surface area contributed by atoms with Gasteiger partial charge in [0.25, 0.3) is 0 Å². The van der Waals surface area contributed by atoms with E-state index < -0.39 is 31.1 Å². The molecule has 3 N–H and O–H groups in total. The summed E-state index contributed by atoms with van der Waals surface area (Å²) in [6.45, 7) is -0.414. The van der Waals surface area contributed by atoms with Crippen molar-refractivity contribution in [3.05, 3.63) is 64.1 Å². The largest absolute Gasteiger partial charge is 0.394 e. The summed E-state index contributed by atoms with van der Waals surface area (Å²) in [5, 5.41) is 32.7. The molecule has 0 amide bonds. The van der Waals surface area contributed by atoms with Gasteiger partial charge in [-0.2, -0.15) is 0 Å². The summed E-state index contributed by atoms with van der Waals surface area (Å²) in [6, 6.07) is 15.2. The SMILES string of the molecule is OC[C@H]1OC(n2c(SCc3ccccc3)nc3nc4cc(Cl)c(Cl)cc4cc32)[C@H](O)[C@@H]1O. The lowest BCUT2D eigenvalue weighted by Gasteiger charge is -2.19. The Labute approximate surface area is 197 Å². The predicted molar refractivity (Wildman–Crippen MR) is 124 cm³/mol. The first-order valence-corrected chi connectivity index (χ1v) is 11.7. The van der Waals surface area contributed by atoms with Gasteiger partial charge < -0.3 is 20.1 Å². The molecule has 0 spiro atoms. The number of hydrogen-bond acceptors (Lipinski definition) is 7. The van der Waals surface area contributed by atoms with E-state index in [9.17, 15) is 15.3 Å². The zero-order valence-corrected chi connectivity index (χ0v) is 18.9. The zero-order valence-electron chi connectivity index (χ0n) is 16.6. The second-order valence-corrected chi connectivity index (χ2v) is 9.31. The fraction of sp³-hybridized carbons (Fsp3) is 0.273. The molecule has 0 saturated carbocycles. The van der Waals surface area contributed by atoms with Gasteiger partial charge in [-0.1, -0.05) is 65.3 Å². The van der Waals surface area contributed by atoms with Crippen molar-refractivity contribution in [3.8, 4) is 0 Å². The average Bonchev–Trinajstić information content (AvgIpc) is 3.28. The minimum Gasteiger partial charge on any atom is -0.394 e. The predicted octanol–water partition coefficient (Wildman–Crippen LogP) is 3.80. The Bertz CT molecular complexity index is 1290. The van der Waals surface area contributed by atoms with Crippen LogP contribution >= 0.6 is 35.0 Å². The van der Waals surface area contributed by atoms with E-state index in [2.05, 4.69) is 9.97 Å². The lowest BCUT2D eigenvalue weighted by atomic mass is 10.1. The minimum absolute atomic E-state index is 0.396. The molecule has 0 bridgehead atoms. The van der Waals surface area contributed by atoms with Crippen LogP contribution in [-0.4, -0.2) is 54.8 Å². The quantitative estimate of drug-likeness (QED) is 0.365. The fourth-order valence-corrected chi connectivity index (χ4v) is 5.13. The first kappa shape index (κ1) is 21.9. The minimum atomic E-state index is -1.25. The summed E-state index contributed by atoms with van der Waals surface area (Å²) in [7, 11) is 0. The second-order valence-electron chi connectivity index (χ2n) is 7.56. The Morgan fingerprint density at radius 3 is 2.47 bits per heavy atom. The number of ether oxygens (including phenoxy) is 1. The third-order valence-corrected chi connectivity index (χ3v) is 7.21. The van der Waals surface area contributed by atoms with Crippen molar-refractivity contribution in [1.82, 2.24) is 14.5 Å². The number of benzene rings is 2. The highest BCUT2D eigenvalue weighted by Gasteiger charge is 2.44. The van der Waals surface area contributed by atoms with Gasteiger partial charge in [-0.3, -0.25) is 4.57 Å². The first-order chi connectivity index (χ1) is 15.5. The third kappa shape index (κ3) is 3.86. The smallest absolute Gasteiger partial charge is 0.179 e. The molecule has 1 unspecified atom stereocenters. The highest BCUT2D eigenvalue weighted by atomic mass is 35.5. The second kappa shape index (κ2) is 8.79. The first-order valence-electron chi connectivity index (χ1n) is 9.93. The van der Waals surface area contributed by atoms with Crippen molar-refractivity contribution in [1.29, 1.82) is 0 Å². The highest BCUT2D eigenvalue weighted by Crippen LogP contribution is 2.38. The van der Waals surface area contributed by atoms with Gasteiger partial charge in [-0.15, -0.1) is 0 Å². The topological polar surface area (TPSA) is 101 Å². The van der Waals surface area contributed by atoms with E-state index in [1.165, 1.54) is 11.8 Å². The number of imidazole rings is 1. The van der Waals surface area contributed by atoms with Gasteiger partial charge >= 0.3 is 0 Å². The number of nitrogens with zero attached hydrogens (tertiary/aromatic N) is 3. The molecule has 4 aromatic rings. The van der Waals surface area contributed by atoms with Crippen molar-refractivity contribution in [2.24, 2.45) is 0 Å². The molecule has 5 rings (SSSR count). The Morgan fingerprint density at radius 1 is 1.00 bits per heavy atom. The number of halogens is 2. The third-order valence-electron chi connectivity index (χ3n) is 5.47. The summed E-state index contributed by atoms with van der Waals surface area (Å²) in [4.78, 5) is 9.32. The number of aliphatic hydroxyl groups is 3. The maximum absolute atomic E-state index is 10.7. The van der Waals surface area contributed by atoms with E-state index in [0.29, 0.717) is 37.6 Å². The normalized spacial score (nSPS) is 23.4. The van der Waals surface area contributed by atoms with E-state index in [0.717, 1.165) is 10.9 Å². The van der Waals surface area contributed by atoms with Crippen LogP contribution in [0.2, 0.25) is 10.0 Å². The van der Waals surface area contributed by atoms with Gasteiger partial charge in [0.15, 0.2) is 17.0 Å². The number of pyridine rings is 1. The molecule has 166 valence electrons. The fourth-order valence-electron chi connectivity index (χ4n) is 3.82. The number of aliphatic hydroxyl groups excluding tert-OH is 3. The van der Waals surface area contributed by atoms with Crippen LogP contribution in [0.4, 0.5) is 0 Å². The van der Waals surface area contributed by atoms with Crippen molar-refractivity contribution >= 4 is 57.0 Å². The standard InChI is InChI=1S/C22H19Cl2N3O4S/c23-13-6-12-7-16-20(25-15(12)8-14(13)24)26-22(32-10-11-4-2-1-3-5-11)27(16)21-19(30)18(29)17(9-28)31-21/h1-8,17-19,21,28-30H,9-10H2/t17-,18-,19-,21?/m1/s1. The molecule has 1 fully saturated rings. The molecule has 1 saturated heterocycles. The van der Waals surface area contributed by atoms with Crippen LogP contribution in [0.5, 0.6) is 0 Å². The summed E-state index contributed by atoms with van der Waals surface area (Å²) in [5.74, 6) is 0.635. The maximum atomic E-state index is 10.7. The number of aromatic nitrogens is 3. The summed E-state index contributed by atoms with van der Waals surface area (Å²) in [6.07, 6.45) is -4.31. The van der Waals surface area contributed by atoms with Crippen LogP contribution in [0.3, 0.4) is 0 Å². The van der Waals surface area contributed by atoms with Gasteiger partial charge in [0.2, 0.25) is 0 Å². The van der Waals surface area contributed by atoms with Crippen LogP contribution in [0.15, 0.2) is 53.7 Å². The highest BCUT2D eigenvalue weighted by molar-refractivity contribution is 7.98. The Morgan fingerprint density at radius 2 is 1.75 bits per heavy atom. The van der Waals surface area contributed by atoms with Crippen LogP contribution in [0.25, 0.3) is 22.1 Å². The molecule has 2 aromatic carbocycles. The van der Waals surface area contributed by atoms with Gasteiger partial charge in [0.1, 0.15) is 18.3 Å². The Hall–Kier alpha value is -1.91. The molecular weight excluding hydrogens is 473 g/mol. The number of hydrogen-bond donors (Lipinski definition) is 3. The Balaban J connectivity index is 1.64. The number of fused-ring (bicyclic) bond motifs is 2. The van der Waals surface area contributed by atoms with Crippen molar-refractivity contribution in [2.45, 2.75) is 35.4 Å². The molecule has 4 atom stereocenters. The molecule has 10 heteroatoms. The van der Waals surface area contributed by atoms with E-state index in [4.69, 9.17) is 27.9 Å². The van der Waals surface area contributed by atoms with Gasteiger partial charge in [-0.25, -0.2) is 9.97 Å². The number of rotatable bonds is 5. The zero-order chi connectivity index (χ0) is 22.4. The lowest BCUT2D eigenvalue weighted by Crippen LogP contribution is -2.33. The molecule has 1 aliphatic rings. The molecule has 7 nitrogen and oxygen atoms in total. The van der Waals surface area contributed by atoms with Crippen LogP contribution in [-0.2, 0) is 10.5 Å². The van der Waals surface area contributed by atoms with Crippen LogP contribution < -0.4 is 0 Å². The van der Waals surface area contributed by atoms with Gasteiger partial charge in [-0.05, 0) is 23.8 Å². The molecule has 2 aromatic heterocycles. The molecule has 1 aliphatic heterocycles. The monoisotopic (exact) mass is 491 g/mol. The van der Waals surface area contributed by atoms with Gasteiger partial charge in [0, 0.05) is 11.1 Å². The Kier molecular flexibility index (Phi) is 6.02. The van der Waals surface area contributed by atoms with Crippen molar-refractivity contribution < 1.29 is 20.1 Å². The molecule has 3 heterocycles. The van der Waals surface area contributed by atoms with E-state index in [1.807, 2.05) is 36.4 Å². The lowest BCUT2D eigenvalue weighted by molar-refractivity contribution is -0.0545. The summed E-state index contributed by atoms with van der Waals surface area (Å²) >= 11 is 13.8. The summed E-state index contributed by atoms with van der Waals surface area (Å²) < 4.78 is 7.54. The molecular formula is C22H19Cl2N3O4S. The maximum Gasteiger partial charge on any atom is 0.179 e. The van der Waals surface area contributed by atoms with Crippen LogP contribution in [0.1, 0.15) is 11.8 Å². The van der Waals surface area contributed by atoms with Crippen LogP contribution in [0, 0.1) is 0 Å². The van der Waals surface area contributed by atoms with Crippen molar-refractivity contribution in [2.75, 3.05) is 6.61 Å². The van der Waals surface area contributed by atoms with Crippen molar-refractivity contribution in [3.63, 3.8) is 0 Å². The van der Waals surface area contributed by atoms with E-state index >= 15 is 0 Å². The van der Waals surface area contributed by atoms with E-state index in [1.54, 1.807) is 16.7 Å². The molecule has 0 aliphatic carbocycles. The summed E-state index contributed by atoms with van der Waals surface area (Å²) in [5.41, 5.74) is 2.80. The van der Waals surface area contributed by atoms with Gasteiger partial charge in [0.05, 0.1) is 27.7 Å². The van der Waals surface area contributed by atoms with E-state index in [-0.39, 0.29) is 0 Å². The molecule has 32 heavy (non-hydrogen) atoms.